The van der Waals surface area contributed by atoms with Crippen LogP contribution in [-0.2, 0) is 0 Å². The lowest BCUT2D eigenvalue weighted by atomic mass is 10.1. The second-order valence-electron chi connectivity index (χ2n) is 5.96. The van der Waals surface area contributed by atoms with Gasteiger partial charge in [-0.05, 0) is 42.8 Å². The van der Waals surface area contributed by atoms with Crippen molar-refractivity contribution in [1.82, 2.24) is 14.6 Å². The fraction of sp³-hybridized carbons (Fsp3) is 0.0526. The normalized spacial score (nSPS) is 11.1. The van der Waals surface area contributed by atoms with Crippen LogP contribution in [0.4, 0.5) is 10.1 Å². The van der Waals surface area contributed by atoms with E-state index < -0.39 is 16.4 Å². The number of hydrogen-bond donors (Lipinski definition) is 0. The van der Waals surface area contributed by atoms with Crippen molar-refractivity contribution in [2.24, 2.45) is 0 Å². The smallest absolute Gasteiger partial charge is 0.258 e. The fourth-order valence-electron chi connectivity index (χ4n) is 3.04. The van der Waals surface area contributed by atoms with Crippen LogP contribution in [0.5, 0.6) is 0 Å². The van der Waals surface area contributed by atoms with E-state index in [0.29, 0.717) is 21.9 Å². The number of aromatic nitrogens is 3. The molecule has 0 aliphatic heterocycles. The molecule has 0 unspecified atom stereocenters. The summed E-state index contributed by atoms with van der Waals surface area (Å²) in [6.45, 7) is 1.86. The maximum Gasteiger partial charge on any atom is 0.305 e. The van der Waals surface area contributed by atoms with Gasteiger partial charge in [0, 0.05) is 28.4 Å². The average Bonchev–Trinajstić information content (AvgIpc) is 2.98. The molecule has 0 amide bonds. The molecule has 8 heteroatoms. The number of halogens is 2. The van der Waals surface area contributed by atoms with Crippen LogP contribution in [-0.4, -0.2) is 19.5 Å². The first-order valence-corrected chi connectivity index (χ1v) is 8.38. The van der Waals surface area contributed by atoms with Gasteiger partial charge in [-0.2, -0.15) is 9.49 Å². The largest absolute Gasteiger partial charge is 0.305 e. The highest BCUT2D eigenvalue weighted by Crippen LogP contribution is 2.32. The van der Waals surface area contributed by atoms with E-state index in [0.717, 1.165) is 22.9 Å². The van der Waals surface area contributed by atoms with E-state index in [1.165, 1.54) is 12.1 Å². The molecule has 6 nitrogen and oxygen atoms in total. The highest BCUT2D eigenvalue weighted by molar-refractivity contribution is 6.30. The van der Waals surface area contributed by atoms with Gasteiger partial charge in [-0.15, -0.1) is 0 Å². The summed E-state index contributed by atoms with van der Waals surface area (Å²) in [6.07, 6.45) is 1.60. The van der Waals surface area contributed by atoms with Gasteiger partial charge in [0.05, 0.1) is 16.3 Å². The first-order valence-electron chi connectivity index (χ1n) is 8.00. The molecule has 0 aliphatic carbocycles. The summed E-state index contributed by atoms with van der Waals surface area (Å²) in [5.41, 5.74) is 3.55. The maximum absolute atomic E-state index is 13.7. The van der Waals surface area contributed by atoms with Crippen molar-refractivity contribution in [3.63, 3.8) is 0 Å². The average molecular weight is 383 g/mol. The summed E-state index contributed by atoms with van der Waals surface area (Å²) in [5.74, 6) is -0.882. The first kappa shape index (κ1) is 17.1. The van der Waals surface area contributed by atoms with Crippen LogP contribution >= 0.6 is 11.6 Å². The Kier molecular flexibility index (Phi) is 4.08. The SMILES string of the molecule is Cc1nn2c(-c3ccc(F)c([N+](=O)[O-])c3)ccnc2c1-c1ccc(Cl)cc1. The Bertz CT molecular complexity index is 1190. The molecular weight excluding hydrogens is 371 g/mol. The van der Waals surface area contributed by atoms with Gasteiger partial charge >= 0.3 is 5.69 Å². The number of aryl methyl sites for hydroxylation is 1. The number of nitro groups is 1. The summed E-state index contributed by atoms with van der Waals surface area (Å²) in [4.78, 5) is 14.7. The quantitative estimate of drug-likeness (QED) is 0.366. The second kappa shape index (κ2) is 6.44. The molecule has 2 aromatic carbocycles. The molecule has 2 aromatic heterocycles. The third-order valence-corrected chi connectivity index (χ3v) is 4.52. The van der Waals surface area contributed by atoms with Crippen LogP contribution in [0.3, 0.4) is 0 Å². The molecule has 0 spiro atoms. The van der Waals surface area contributed by atoms with Crippen LogP contribution in [0.1, 0.15) is 5.69 Å². The van der Waals surface area contributed by atoms with E-state index in [1.807, 2.05) is 19.1 Å². The lowest BCUT2D eigenvalue weighted by Gasteiger charge is -2.06. The zero-order valence-electron chi connectivity index (χ0n) is 14.1. The van der Waals surface area contributed by atoms with E-state index in [-0.39, 0.29) is 0 Å². The predicted octanol–water partition coefficient (Wildman–Crippen LogP) is 5.07. The van der Waals surface area contributed by atoms with Crippen LogP contribution in [0.2, 0.25) is 5.02 Å². The highest BCUT2D eigenvalue weighted by Gasteiger charge is 2.19. The summed E-state index contributed by atoms with van der Waals surface area (Å²) < 4.78 is 15.3. The maximum atomic E-state index is 13.7. The molecule has 0 radical (unpaired) electrons. The molecule has 27 heavy (non-hydrogen) atoms. The van der Waals surface area contributed by atoms with Gasteiger partial charge in [0.15, 0.2) is 5.65 Å². The highest BCUT2D eigenvalue weighted by atomic mass is 35.5. The van der Waals surface area contributed by atoms with E-state index in [4.69, 9.17) is 11.6 Å². The number of nitrogens with zero attached hydrogens (tertiary/aromatic N) is 4. The van der Waals surface area contributed by atoms with Crippen LogP contribution in [0.25, 0.3) is 28.0 Å². The molecule has 134 valence electrons. The number of benzene rings is 2. The van der Waals surface area contributed by atoms with Crippen LogP contribution in [0.15, 0.2) is 54.7 Å². The Balaban J connectivity index is 1.94. The Labute approximate surface area is 158 Å². The van der Waals surface area contributed by atoms with Gasteiger partial charge in [-0.1, -0.05) is 23.7 Å². The topological polar surface area (TPSA) is 73.3 Å². The fourth-order valence-corrected chi connectivity index (χ4v) is 3.16. The second-order valence-corrected chi connectivity index (χ2v) is 6.39. The lowest BCUT2D eigenvalue weighted by molar-refractivity contribution is -0.387. The summed E-state index contributed by atoms with van der Waals surface area (Å²) >= 11 is 5.97. The minimum absolute atomic E-state index is 0.473. The van der Waals surface area contributed by atoms with Crippen molar-refractivity contribution in [3.05, 3.63) is 81.4 Å². The Morgan fingerprint density at radius 1 is 1.11 bits per heavy atom. The van der Waals surface area contributed by atoms with Crippen molar-refractivity contribution in [3.8, 4) is 22.4 Å². The monoisotopic (exact) mass is 382 g/mol. The minimum atomic E-state index is -0.882. The zero-order valence-corrected chi connectivity index (χ0v) is 14.8. The molecular formula is C19H12ClFN4O2. The van der Waals surface area contributed by atoms with Gasteiger partial charge in [-0.25, -0.2) is 9.50 Å². The van der Waals surface area contributed by atoms with E-state index >= 15 is 0 Å². The molecule has 2 heterocycles. The van der Waals surface area contributed by atoms with Crippen molar-refractivity contribution >= 4 is 22.9 Å². The standard InChI is InChI=1S/C19H12ClFN4O2/c1-11-18(12-2-5-14(20)6-3-12)19-22-9-8-16(24(19)23-11)13-4-7-15(21)17(10-13)25(26)27/h2-10H,1H3. The molecule has 0 atom stereocenters. The van der Waals surface area contributed by atoms with Crippen molar-refractivity contribution in [2.45, 2.75) is 6.92 Å². The van der Waals surface area contributed by atoms with Gasteiger partial charge in [0.25, 0.3) is 0 Å². The van der Waals surface area contributed by atoms with Crippen molar-refractivity contribution < 1.29 is 9.31 Å². The molecule has 0 N–H and O–H groups in total. The molecule has 0 bridgehead atoms. The van der Waals surface area contributed by atoms with Gasteiger partial charge in [-0.3, -0.25) is 10.1 Å². The molecule has 0 aliphatic rings. The zero-order chi connectivity index (χ0) is 19.1. The van der Waals surface area contributed by atoms with E-state index in [1.54, 1.807) is 28.9 Å². The lowest BCUT2D eigenvalue weighted by Crippen LogP contribution is -1.98. The van der Waals surface area contributed by atoms with Gasteiger partial charge < -0.3 is 0 Å². The number of rotatable bonds is 3. The first-order chi connectivity index (χ1) is 13.0. The Morgan fingerprint density at radius 3 is 2.52 bits per heavy atom. The number of fused-ring (bicyclic) bond motifs is 1. The third kappa shape index (κ3) is 2.92. The van der Waals surface area contributed by atoms with Crippen LogP contribution in [0, 0.1) is 22.9 Å². The number of nitro benzene ring substituents is 1. The predicted molar refractivity (Wildman–Crippen MR) is 100 cm³/mol. The molecule has 0 fully saturated rings. The van der Waals surface area contributed by atoms with Crippen LogP contribution < -0.4 is 0 Å². The Morgan fingerprint density at radius 2 is 1.81 bits per heavy atom. The van der Waals surface area contributed by atoms with Gasteiger partial charge in [0.2, 0.25) is 5.82 Å². The summed E-state index contributed by atoms with van der Waals surface area (Å²) in [5, 5.41) is 16.2. The summed E-state index contributed by atoms with van der Waals surface area (Å²) in [7, 11) is 0. The Hall–Kier alpha value is -3.32. The van der Waals surface area contributed by atoms with Crippen molar-refractivity contribution in [2.75, 3.05) is 0 Å². The van der Waals surface area contributed by atoms with Gasteiger partial charge in [0.1, 0.15) is 0 Å². The van der Waals surface area contributed by atoms with E-state index in [9.17, 15) is 14.5 Å². The summed E-state index contributed by atoms with van der Waals surface area (Å²) in [6, 6.07) is 12.8. The molecule has 0 saturated carbocycles. The van der Waals surface area contributed by atoms with Crippen molar-refractivity contribution in [1.29, 1.82) is 0 Å². The van der Waals surface area contributed by atoms with E-state index in [2.05, 4.69) is 10.1 Å². The third-order valence-electron chi connectivity index (χ3n) is 4.26. The number of hydrogen-bond acceptors (Lipinski definition) is 4. The minimum Gasteiger partial charge on any atom is -0.258 e. The molecule has 4 aromatic rings. The molecule has 4 rings (SSSR count). The molecule has 0 saturated heterocycles.